The maximum absolute atomic E-state index is 6.27. The average Bonchev–Trinajstić information content (AvgIpc) is 2.67. The molecule has 0 saturated carbocycles. The number of rotatable bonds is 2. The molecule has 0 atom stereocenters. The van der Waals surface area contributed by atoms with Gasteiger partial charge in [0.2, 0.25) is 0 Å². The Morgan fingerprint density at radius 2 is 1.43 bits per heavy atom. The van der Waals surface area contributed by atoms with E-state index in [1.165, 1.54) is 11.1 Å². The Morgan fingerprint density at radius 1 is 0.750 bits per heavy atom. The standard InChI is InChI=1S/C25H22ClN.ClH/c1-25(2,3)19-11-9-18(10-12-19)24-16-21(17-7-5-4-6-8-17)22-15-20(26)13-14-23(22)27-24;/h4-16H,1-3H3;1H/p-1. The van der Waals surface area contributed by atoms with Crippen LogP contribution in [0.25, 0.3) is 33.3 Å². The molecule has 28 heavy (non-hydrogen) atoms. The summed E-state index contributed by atoms with van der Waals surface area (Å²) in [6.07, 6.45) is 0. The predicted molar refractivity (Wildman–Crippen MR) is 116 cm³/mol. The normalized spacial score (nSPS) is 11.3. The lowest BCUT2D eigenvalue weighted by Crippen LogP contribution is -3.00. The van der Waals surface area contributed by atoms with Gasteiger partial charge in [-0.1, -0.05) is 87.0 Å². The lowest BCUT2D eigenvalue weighted by Gasteiger charge is -2.19. The first-order valence-electron chi connectivity index (χ1n) is 9.18. The van der Waals surface area contributed by atoms with Crippen molar-refractivity contribution in [2.45, 2.75) is 26.2 Å². The third-order valence-electron chi connectivity index (χ3n) is 4.90. The molecule has 0 spiro atoms. The van der Waals surface area contributed by atoms with Crippen LogP contribution in [0.2, 0.25) is 5.02 Å². The van der Waals surface area contributed by atoms with Gasteiger partial charge in [0.25, 0.3) is 0 Å². The summed E-state index contributed by atoms with van der Waals surface area (Å²) in [4.78, 5) is 4.91. The van der Waals surface area contributed by atoms with Gasteiger partial charge in [0.1, 0.15) is 0 Å². The van der Waals surface area contributed by atoms with E-state index in [-0.39, 0.29) is 17.8 Å². The number of nitrogens with zero attached hydrogens (tertiary/aromatic N) is 1. The Labute approximate surface area is 177 Å². The molecular weight excluding hydrogens is 385 g/mol. The zero-order valence-corrected chi connectivity index (χ0v) is 17.7. The van der Waals surface area contributed by atoms with Crippen LogP contribution in [0.1, 0.15) is 26.3 Å². The Kier molecular flexibility index (Phi) is 5.79. The number of halogens is 2. The Hall–Kier alpha value is -2.35. The van der Waals surface area contributed by atoms with Crippen molar-refractivity contribution in [3.63, 3.8) is 0 Å². The highest BCUT2D eigenvalue weighted by atomic mass is 35.5. The molecule has 4 aromatic rings. The van der Waals surface area contributed by atoms with E-state index >= 15 is 0 Å². The zero-order chi connectivity index (χ0) is 19.0. The van der Waals surface area contributed by atoms with Gasteiger partial charge < -0.3 is 12.4 Å². The summed E-state index contributed by atoms with van der Waals surface area (Å²) < 4.78 is 0. The minimum atomic E-state index is 0. The van der Waals surface area contributed by atoms with E-state index in [2.05, 4.69) is 75.4 Å². The molecule has 0 radical (unpaired) electrons. The molecule has 0 aliphatic rings. The van der Waals surface area contributed by atoms with Crippen molar-refractivity contribution in [1.82, 2.24) is 4.98 Å². The summed E-state index contributed by atoms with van der Waals surface area (Å²) in [6, 6.07) is 27.2. The van der Waals surface area contributed by atoms with Crippen LogP contribution in [-0.2, 0) is 5.41 Å². The van der Waals surface area contributed by atoms with Crippen LogP contribution in [-0.4, -0.2) is 4.98 Å². The fraction of sp³-hybridized carbons (Fsp3) is 0.160. The number of hydrogen-bond donors (Lipinski definition) is 0. The van der Waals surface area contributed by atoms with Gasteiger partial charge in [-0.2, -0.15) is 0 Å². The first-order valence-corrected chi connectivity index (χ1v) is 9.56. The van der Waals surface area contributed by atoms with Crippen LogP contribution in [0.15, 0.2) is 78.9 Å². The highest BCUT2D eigenvalue weighted by molar-refractivity contribution is 6.31. The maximum atomic E-state index is 6.27. The first-order chi connectivity index (χ1) is 12.9. The minimum Gasteiger partial charge on any atom is -1.00 e. The largest absolute Gasteiger partial charge is 1.00 e. The topological polar surface area (TPSA) is 12.9 Å². The molecule has 142 valence electrons. The SMILES string of the molecule is CC(C)(C)c1ccc(-c2cc(-c3ccccc3)c3cc(Cl)ccc3n2)cc1.[Cl-]. The van der Waals surface area contributed by atoms with Crippen LogP contribution in [0, 0.1) is 0 Å². The molecule has 0 aliphatic carbocycles. The van der Waals surface area contributed by atoms with Crippen LogP contribution >= 0.6 is 11.6 Å². The van der Waals surface area contributed by atoms with Gasteiger partial charge in [-0.15, -0.1) is 0 Å². The van der Waals surface area contributed by atoms with E-state index in [4.69, 9.17) is 16.6 Å². The van der Waals surface area contributed by atoms with Crippen LogP contribution in [0.3, 0.4) is 0 Å². The van der Waals surface area contributed by atoms with E-state index in [9.17, 15) is 0 Å². The zero-order valence-electron chi connectivity index (χ0n) is 16.2. The predicted octanol–water partition coefficient (Wildman–Crippen LogP) is 4.52. The first kappa shape index (κ1) is 20.4. The molecule has 0 fully saturated rings. The fourth-order valence-electron chi connectivity index (χ4n) is 3.34. The Bertz CT molecular complexity index is 1100. The lowest BCUT2D eigenvalue weighted by atomic mass is 9.86. The summed E-state index contributed by atoms with van der Waals surface area (Å²) in [6.45, 7) is 6.69. The summed E-state index contributed by atoms with van der Waals surface area (Å²) in [5.41, 5.74) is 6.83. The Balaban J connectivity index is 0.00000225. The maximum Gasteiger partial charge on any atom is 0.0716 e. The molecule has 3 heteroatoms. The molecule has 1 heterocycles. The molecule has 0 bridgehead atoms. The third kappa shape index (κ3) is 4.06. The van der Waals surface area contributed by atoms with Crippen molar-refractivity contribution >= 4 is 22.5 Å². The van der Waals surface area contributed by atoms with Crippen molar-refractivity contribution in [2.75, 3.05) is 0 Å². The highest BCUT2D eigenvalue weighted by Gasteiger charge is 2.14. The molecule has 3 aromatic carbocycles. The monoisotopic (exact) mass is 406 g/mol. The van der Waals surface area contributed by atoms with Crippen molar-refractivity contribution < 1.29 is 12.4 Å². The van der Waals surface area contributed by atoms with E-state index < -0.39 is 0 Å². The van der Waals surface area contributed by atoms with Gasteiger partial charge in [0.05, 0.1) is 11.2 Å². The van der Waals surface area contributed by atoms with Gasteiger partial charge in [-0.05, 0) is 46.4 Å². The van der Waals surface area contributed by atoms with Gasteiger partial charge in [0.15, 0.2) is 0 Å². The smallest absolute Gasteiger partial charge is 0.0716 e. The van der Waals surface area contributed by atoms with Crippen LogP contribution < -0.4 is 12.4 Å². The van der Waals surface area contributed by atoms with Crippen molar-refractivity contribution in [3.8, 4) is 22.4 Å². The molecule has 0 saturated heterocycles. The number of fused-ring (bicyclic) bond motifs is 1. The second-order valence-corrected chi connectivity index (χ2v) is 8.35. The number of hydrogen-bond acceptors (Lipinski definition) is 1. The molecule has 0 N–H and O–H groups in total. The molecule has 4 rings (SSSR count). The second kappa shape index (κ2) is 7.95. The molecular formula is C25H22Cl2N-. The summed E-state index contributed by atoms with van der Waals surface area (Å²) in [5.74, 6) is 0. The summed E-state index contributed by atoms with van der Waals surface area (Å²) >= 11 is 6.27. The number of benzene rings is 3. The summed E-state index contributed by atoms with van der Waals surface area (Å²) in [7, 11) is 0. The third-order valence-corrected chi connectivity index (χ3v) is 5.14. The van der Waals surface area contributed by atoms with Gasteiger partial charge in [-0.25, -0.2) is 4.98 Å². The summed E-state index contributed by atoms with van der Waals surface area (Å²) in [5, 5.41) is 1.80. The van der Waals surface area contributed by atoms with E-state index in [0.29, 0.717) is 0 Å². The van der Waals surface area contributed by atoms with Crippen LogP contribution in [0.4, 0.5) is 0 Å². The lowest BCUT2D eigenvalue weighted by molar-refractivity contribution is -0.00000568. The van der Waals surface area contributed by atoms with Gasteiger partial charge >= 0.3 is 0 Å². The fourth-order valence-corrected chi connectivity index (χ4v) is 3.52. The number of pyridine rings is 1. The van der Waals surface area contributed by atoms with E-state index in [1.54, 1.807) is 0 Å². The molecule has 1 nitrogen and oxygen atoms in total. The van der Waals surface area contributed by atoms with E-state index in [1.807, 2.05) is 24.3 Å². The highest BCUT2D eigenvalue weighted by Crippen LogP contribution is 2.34. The van der Waals surface area contributed by atoms with E-state index in [0.717, 1.165) is 32.7 Å². The minimum absolute atomic E-state index is 0. The molecule has 0 amide bonds. The van der Waals surface area contributed by atoms with Gasteiger partial charge in [0, 0.05) is 16.0 Å². The van der Waals surface area contributed by atoms with Gasteiger partial charge in [-0.3, -0.25) is 0 Å². The van der Waals surface area contributed by atoms with Crippen molar-refractivity contribution in [2.24, 2.45) is 0 Å². The second-order valence-electron chi connectivity index (χ2n) is 7.91. The van der Waals surface area contributed by atoms with Crippen LogP contribution in [0.5, 0.6) is 0 Å². The Morgan fingerprint density at radius 3 is 2.07 bits per heavy atom. The number of aromatic nitrogens is 1. The van der Waals surface area contributed by atoms with Crippen molar-refractivity contribution in [1.29, 1.82) is 0 Å². The average molecular weight is 407 g/mol. The van der Waals surface area contributed by atoms with Crippen molar-refractivity contribution in [3.05, 3.63) is 89.4 Å². The molecule has 0 aliphatic heterocycles. The molecule has 0 unspecified atom stereocenters. The quantitative estimate of drug-likeness (QED) is 0.476. The molecule has 1 aromatic heterocycles.